The number of carboxylic acids is 1. The zero-order chi connectivity index (χ0) is 26.4. The summed E-state index contributed by atoms with van der Waals surface area (Å²) in [5.74, 6) is -1.47. The number of primary amides is 1. The zero-order valence-electron chi connectivity index (χ0n) is 19.6. The summed E-state index contributed by atoms with van der Waals surface area (Å²) in [4.78, 5) is 51.1. The molecule has 3 atom stereocenters. The number of carbonyl (C=O) groups excluding carboxylic acids is 3. The molecule has 1 saturated heterocycles. The van der Waals surface area contributed by atoms with Gasteiger partial charge in [-0.25, -0.2) is 14.0 Å². The molecule has 3 aromatic rings. The number of urea groups is 1. The summed E-state index contributed by atoms with van der Waals surface area (Å²) in [7, 11) is 0. The second-order valence-electron chi connectivity index (χ2n) is 9.50. The van der Waals surface area contributed by atoms with Crippen molar-refractivity contribution in [2.24, 2.45) is 11.7 Å². The standard InChI is InChI=1S/C26H24ClFN4O5/c27-17-3-1-2-14(24(17)28)5-7-22(33)21-11-15-10-19(15)32(21)26(37)30-18-12-31(25(29)36)20-8-13(9-23(34)35)4-6-16(18)20/h1-4,6,8,12,15,19,21H,5,7,9-11H2,(H2,29,36)(H,30,37)(H,34,35)/t15-,19-,21+/m1/s1. The van der Waals surface area contributed by atoms with Crippen LogP contribution in [0.15, 0.2) is 42.6 Å². The predicted octanol–water partition coefficient (Wildman–Crippen LogP) is 4.18. The SMILES string of the molecule is NC(=O)n1cc(NC(=O)N2[C@@H]3C[C@@H]3C[C@H]2C(=O)CCc2cccc(Cl)c2F)c2ccc(CC(=O)O)cc21. The summed E-state index contributed by atoms with van der Waals surface area (Å²) in [6.45, 7) is 0. The smallest absolute Gasteiger partial charge is 0.323 e. The van der Waals surface area contributed by atoms with E-state index >= 15 is 0 Å². The number of benzene rings is 2. The lowest BCUT2D eigenvalue weighted by Gasteiger charge is -2.27. The summed E-state index contributed by atoms with van der Waals surface area (Å²) in [6.07, 6.45) is 2.75. The minimum absolute atomic E-state index is 0.00160. The summed E-state index contributed by atoms with van der Waals surface area (Å²) in [5.41, 5.74) is 7.00. The summed E-state index contributed by atoms with van der Waals surface area (Å²) >= 11 is 5.84. The van der Waals surface area contributed by atoms with Crippen LogP contribution in [0.5, 0.6) is 0 Å². The molecule has 1 saturated carbocycles. The number of likely N-dealkylation sites (tertiary alicyclic amines) is 1. The Morgan fingerprint density at radius 2 is 1.95 bits per heavy atom. The van der Waals surface area contributed by atoms with Gasteiger partial charge in [0.25, 0.3) is 0 Å². The molecule has 2 aliphatic rings. The van der Waals surface area contributed by atoms with Gasteiger partial charge in [-0.05, 0) is 48.4 Å². The number of aryl methyl sites for hydroxylation is 1. The number of nitrogens with one attached hydrogen (secondary N) is 1. The molecule has 37 heavy (non-hydrogen) atoms. The highest BCUT2D eigenvalue weighted by molar-refractivity contribution is 6.30. The zero-order valence-corrected chi connectivity index (χ0v) is 20.4. The fourth-order valence-electron chi connectivity index (χ4n) is 5.22. The molecule has 2 heterocycles. The first-order chi connectivity index (χ1) is 17.6. The van der Waals surface area contributed by atoms with Gasteiger partial charge in [-0.1, -0.05) is 35.9 Å². The molecule has 3 amide bonds. The lowest BCUT2D eigenvalue weighted by atomic mass is 10.00. The molecule has 0 spiro atoms. The van der Waals surface area contributed by atoms with Crippen molar-refractivity contribution in [2.45, 2.75) is 44.2 Å². The number of hydrogen-bond acceptors (Lipinski definition) is 4. The monoisotopic (exact) mass is 526 g/mol. The van der Waals surface area contributed by atoms with Crippen molar-refractivity contribution >= 4 is 52.0 Å². The molecule has 1 aliphatic heterocycles. The summed E-state index contributed by atoms with van der Waals surface area (Å²) in [6, 6.07) is 7.48. The molecule has 0 radical (unpaired) electrons. The molecule has 9 nitrogen and oxygen atoms in total. The number of amides is 3. The molecule has 1 aromatic heterocycles. The number of rotatable bonds is 7. The Labute approximate surface area is 216 Å². The molecule has 1 aliphatic carbocycles. The Morgan fingerprint density at radius 3 is 2.68 bits per heavy atom. The lowest BCUT2D eigenvalue weighted by molar-refractivity contribution is -0.136. The normalized spacial score (nSPS) is 20.1. The molecule has 5 rings (SSSR count). The third kappa shape index (κ3) is 4.76. The minimum atomic E-state index is -1.02. The minimum Gasteiger partial charge on any atom is -0.481 e. The van der Waals surface area contributed by atoms with Crippen LogP contribution in [-0.2, 0) is 22.4 Å². The maximum absolute atomic E-state index is 14.2. The van der Waals surface area contributed by atoms with E-state index in [1.807, 2.05) is 0 Å². The quantitative estimate of drug-likeness (QED) is 0.424. The van der Waals surface area contributed by atoms with E-state index in [4.69, 9.17) is 22.4 Å². The van der Waals surface area contributed by atoms with Gasteiger partial charge in [0.2, 0.25) is 0 Å². The average molecular weight is 527 g/mol. The van der Waals surface area contributed by atoms with Crippen molar-refractivity contribution in [1.29, 1.82) is 0 Å². The van der Waals surface area contributed by atoms with E-state index in [0.717, 1.165) is 11.0 Å². The number of Topliss-reactive ketones (excluding diaryl/α,β-unsaturated/α-hetero) is 1. The Kier molecular flexibility index (Phi) is 6.36. The number of nitrogens with two attached hydrogens (primary N) is 1. The average Bonchev–Trinajstić information content (AvgIpc) is 3.35. The third-order valence-electron chi connectivity index (χ3n) is 7.09. The number of hydrogen-bond donors (Lipinski definition) is 3. The van der Waals surface area contributed by atoms with Gasteiger partial charge in [0.1, 0.15) is 5.82 Å². The van der Waals surface area contributed by atoms with E-state index < -0.39 is 29.9 Å². The first-order valence-electron chi connectivity index (χ1n) is 11.8. The first kappa shape index (κ1) is 24.8. The van der Waals surface area contributed by atoms with Crippen LogP contribution in [0, 0.1) is 11.7 Å². The van der Waals surface area contributed by atoms with Crippen molar-refractivity contribution in [3.63, 3.8) is 0 Å². The van der Waals surface area contributed by atoms with Crippen LogP contribution in [-0.4, -0.2) is 50.5 Å². The number of anilines is 1. The van der Waals surface area contributed by atoms with Crippen LogP contribution >= 0.6 is 11.6 Å². The maximum atomic E-state index is 14.2. The number of aliphatic carboxylic acids is 1. The van der Waals surface area contributed by atoms with E-state index in [9.17, 15) is 23.6 Å². The fourth-order valence-corrected chi connectivity index (χ4v) is 5.41. The van der Waals surface area contributed by atoms with Gasteiger partial charge in [-0.2, -0.15) is 0 Å². The van der Waals surface area contributed by atoms with Crippen molar-refractivity contribution in [2.75, 3.05) is 5.32 Å². The molecule has 2 fully saturated rings. The van der Waals surface area contributed by atoms with E-state index in [1.54, 1.807) is 29.2 Å². The number of fused-ring (bicyclic) bond motifs is 2. The van der Waals surface area contributed by atoms with Gasteiger partial charge >= 0.3 is 18.0 Å². The van der Waals surface area contributed by atoms with Gasteiger partial charge in [0, 0.05) is 24.0 Å². The Hall–Kier alpha value is -3.92. The molecule has 0 bridgehead atoms. The van der Waals surface area contributed by atoms with E-state index in [1.165, 1.54) is 18.3 Å². The van der Waals surface area contributed by atoms with Crippen molar-refractivity contribution in [3.8, 4) is 0 Å². The van der Waals surface area contributed by atoms with Crippen LogP contribution in [0.25, 0.3) is 10.9 Å². The number of carboxylic acid groups (broad SMARTS) is 1. The van der Waals surface area contributed by atoms with Crippen molar-refractivity contribution in [1.82, 2.24) is 9.47 Å². The van der Waals surface area contributed by atoms with E-state index in [-0.39, 0.29) is 42.0 Å². The first-order valence-corrected chi connectivity index (χ1v) is 12.2. The van der Waals surface area contributed by atoms with Gasteiger partial charge in [0.15, 0.2) is 5.78 Å². The number of nitrogens with zero attached hydrogens (tertiary/aromatic N) is 2. The highest BCUT2D eigenvalue weighted by atomic mass is 35.5. The van der Waals surface area contributed by atoms with Crippen LogP contribution in [0.1, 0.15) is 30.4 Å². The molecule has 192 valence electrons. The van der Waals surface area contributed by atoms with Crippen molar-refractivity contribution < 1.29 is 28.7 Å². The van der Waals surface area contributed by atoms with E-state index in [2.05, 4.69) is 5.32 Å². The second kappa shape index (κ2) is 9.51. The summed E-state index contributed by atoms with van der Waals surface area (Å²) in [5, 5.41) is 12.4. The van der Waals surface area contributed by atoms with Crippen LogP contribution in [0.2, 0.25) is 5.02 Å². The Bertz CT molecular complexity index is 1450. The third-order valence-corrected chi connectivity index (χ3v) is 7.38. The Morgan fingerprint density at radius 1 is 1.16 bits per heavy atom. The van der Waals surface area contributed by atoms with Crippen LogP contribution in [0.4, 0.5) is 19.7 Å². The number of halogens is 2. The molecular weight excluding hydrogens is 503 g/mol. The Balaban J connectivity index is 1.34. The van der Waals surface area contributed by atoms with Gasteiger partial charge in [0.05, 0.1) is 28.7 Å². The van der Waals surface area contributed by atoms with Crippen LogP contribution in [0.3, 0.4) is 0 Å². The number of carbonyl (C=O) groups is 4. The number of ketones is 1. The molecule has 4 N–H and O–H groups in total. The van der Waals surface area contributed by atoms with Gasteiger partial charge < -0.3 is 21.1 Å². The molecular formula is C26H24ClFN4O5. The molecule has 2 aromatic carbocycles. The largest absolute Gasteiger partial charge is 0.481 e. The number of aromatic nitrogens is 1. The topological polar surface area (TPSA) is 135 Å². The highest BCUT2D eigenvalue weighted by Gasteiger charge is 2.55. The van der Waals surface area contributed by atoms with E-state index in [0.29, 0.717) is 34.1 Å². The fraction of sp³-hybridized carbons (Fsp3) is 0.308. The second-order valence-corrected chi connectivity index (χ2v) is 9.91. The summed E-state index contributed by atoms with van der Waals surface area (Å²) < 4.78 is 15.4. The molecule has 0 unspecified atom stereocenters. The lowest BCUT2D eigenvalue weighted by Crippen LogP contribution is -2.45. The van der Waals surface area contributed by atoms with Gasteiger partial charge in [-0.3, -0.25) is 14.2 Å². The van der Waals surface area contributed by atoms with Crippen molar-refractivity contribution in [3.05, 3.63) is 64.6 Å². The van der Waals surface area contributed by atoms with Crippen LogP contribution < -0.4 is 11.1 Å². The number of piperidine rings is 1. The maximum Gasteiger partial charge on any atom is 0.323 e. The predicted molar refractivity (Wildman–Crippen MR) is 134 cm³/mol. The van der Waals surface area contributed by atoms with Gasteiger partial charge in [-0.15, -0.1) is 0 Å². The molecule has 11 heteroatoms. The highest BCUT2D eigenvalue weighted by Crippen LogP contribution is 2.48.